The average molecular weight is 631 g/mol. The number of halogens is 2. The molecule has 13 heteroatoms. The normalized spacial score (nSPS) is 20.5. The fourth-order valence-electron chi connectivity index (χ4n) is 6.89. The van der Waals surface area contributed by atoms with Crippen molar-refractivity contribution in [2.24, 2.45) is 0 Å². The highest BCUT2D eigenvalue weighted by Crippen LogP contribution is 2.46. The summed E-state index contributed by atoms with van der Waals surface area (Å²) in [6.45, 7) is 1.34. The zero-order valence-electron chi connectivity index (χ0n) is 24.4. The predicted molar refractivity (Wildman–Crippen MR) is 158 cm³/mol. The maximum absolute atomic E-state index is 15.9. The van der Waals surface area contributed by atoms with Crippen LogP contribution in [-0.4, -0.2) is 71.4 Å². The zero-order valence-corrected chi connectivity index (χ0v) is 24.4. The van der Waals surface area contributed by atoms with E-state index in [4.69, 9.17) is 18.9 Å². The number of ether oxygens (including phenoxy) is 4. The van der Waals surface area contributed by atoms with Crippen molar-refractivity contribution in [3.05, 3.63) is 106 Å². The van der Waals surface area contributed by atoms with Crippen LogP contribution in [0.1, 0.15) is 40.5 Å². The molecule has 4 aromatic rings. The van der Waals surface area contributed by atoms with E-state index in [1.165, 1.54) is 23.0 Å². The van der Waals surface area contributed by atoms with Crippen molar-refractivity contribution in [3.63, 3.8) is 0 Å². The van der Waals surface area contributed by atoms with E-state index in [1.54, 1.807) is 32.8 Å². The largest absolute Gasteiger partial charge is 0.514 e. The number of pyridine rings is 1. The summed E-state index contributed by atoms with van der Waals surface area (Å²) in [5.74, 6) is -3.05. The highest BCUT2D eigenvalue weighted by molar-refractivity contribution is 5.97. The van der Waals surface area contributed by atoms with E-state index < -0.39 is 53.2 Å². The lowest BCUT2D eigenvalue weighted by molar-refractivity contribution is -0.0209. The lowest BCUT2D eigenvalue weighted by Crippen LogP contribution is -2.66. The van der Waals surface area contributed by atoms with E-state index in [1.807, 2.05) is 24.3 Å². The number of benzene rings is 2. The van der Waals surface area contributed by atoms with Crippen LogP contribution in [0.15, 0.2) is 71.8 Å². The van der Waals surface area contributed by atoms with E-state index >= 15 is 4.39 Å². The molecule has 2 unspecified atom stereocenters. The number of carbonyl (C=O) groups is 2. The monoisotopic (exact) mass is 630 g/mol. The Balaban J connectivity index is 1.33. The molecule has 0 N–H and O–H groups in total. The number of rotatable bonds is 3. The summed E-state index contributed by atoms with van der Waals surface area (Å²) in [6, 6.07) is 13.9. The third-order valence-corrected chi connectivity index (χ3v) is 8.95. The van der Waals surface area contributed by atoms with E-state index in [9.17, 15) is 18.8 Å². The standard InChI is InChI=1S/C33H28F2N4O7/c34-22-8-7-21-27(28(22)35)24-6-3-12-36(24)23-5-2-1-4-20(23)29(21)39-26-18-44-17-14-37(26)32(41)30-31(25(40)9-13-38(30)39)46-33(42)45-19-10-15-43-16-11-19/h1-9,12-13,19,26,29H,10-11,14-18H2. The predicted octanol–water partition coefficient (Wildman–Crippen LogP) is 4.13. The highest BCUT2D eigenvalue weighted by atomic mass is 19.2. The third kappa shape index (κ3) is 4.41. The van der Waals surface area contributed by atoms with Gasteiger partial charge in [0.05, 0.1) is 37.8 Å². The Morgan fingerprint density at radius 1 is 0.891 bits per heavy atom. The SMILES string of the molecule is O=C(Oc1c2n(ccc1=O)N(C1c3ccccc3-n3cccc3-c3c1ccc(F)c3F)C1COCCN1C2=O)OC1CCOCC1. The molecule has 2 aromatic carbocycles. The topological polar surface area (TPSA) is 104 Å². The quantitative estimate of drug-likeness (QED) is 0.312. The number of aromatic nitrogens is 2. The average Bonchev–Trinajstić information content (AvgIpc) is 3.51. The van der Waals surface area contributed by atoms with Crippen molar-refractivity contribution in [1.82, 2.24) is 14.1 Å². The van der Waals surface area contributed by atoms with Gasteiger partial charge >= 0.3 is 6.16 Å². The zero-order chi connectivity index (χ0) is 31.5. The van der Waals surface area contributed by atoms with Gasteiger partial charge in [-0.05, 0) is 29.8 Å². The number of carbonyl (C=O) groups excluding carboxylic acids is 2. The number of amides is 1. The van der Waals surface area contributed by atoms with Crippen LogP contribution < -0.4 is 15.2 Å². The molecule has 0 bridgehead atoms. The van der Waals surface area contributed by atoms with Crippen molar-refractivity contribution >= 4 is 12.1 Å². The number of fused-ring (bicyclic) bond motifs is 7. The molecular weight excluding hydrogens is 602 g/mol. The molecule has 8 rings (SSSR count). The van der Waals surface area contributed by atoms with Crippen LogP contribution in [0.5, 0.6) is 5.75 Å². The molecule has 0 radical (unpaired) electrons. The lowest BCUT2D eigenvalue weighted by atomic mass is 9.91. The van der Waals surface area contributed by atoms with Crippen molar-refractivity contribution in [2.75, 3.05) is 38.0 Å². The van der Waals surface area contributed by atoms with Crippen LogP contribution >= 0.6 is 0 Å². The molecule has 1 amide bonds. The number of nitrogens with zero attached hydrogens (tertiary/aromatic N) is 4. The van der Waals surface area contributed by atoms with Gasteiger partial charge in [0.25, 0.3) is 5.91 Å². The molecule has 236 valence electrons. The second-order valence-corrected chi connectivity index (χ2v) is 11.5. The van der Waals surface area contributed by atoms with E-state index in [-0.39, 0.29) is 31.0 Å². The van der Waals surface area contributed by atoms with Crippen LogP contribution in [0.2, 0.25) is 0 Å². The first-order chi connectivity index (χ1) is 22.4. The molecule has 0 saturated carbocycles. The molecule has 4 aliphatic heterocycles. The molecule has 2 aromatic heterocycles. The third-order valence-electron chi connectivity index (χ3n) is 8.95. The van der Waals surface area contributed by atoms with Crippen molar-refractivity contribution in [2.45, 2.75) is 31.2 Å². The van der Waals surface area contributed by atoms with Gasteiger partial charge in [-0.15, -0.1) is 0 Å². The summed E-state index contributed by atoms with van der Waals surface area (Å²) >= 11 is 0. The van der Waals surface area contributed by atoms with Gasteiger partial charge in [0, 0.05) is 49.0 Å². The summed E-state index contributed by atoms with van der Waals surface area (Å²) in [5.41, 5.74) is 1.48. The Hall–Kier alpha value is -5.01. The van der Waals surface area contributed by atoms with Crippen LogP contribution in [0, 0.1) is 11.6 Å². The minimum Gasteiger partial charge on any atom is -0.430 e. The molecule has 6 heterocycles. The number of hydrogen-bond acceptors (Lipinski definition) is 8. The second-order valence-electron chi connectivity index (χ2n) is 11.5. The molecule has 2 fully saturated rings. The van der Waals surface area contributed by atoms with Gasteiger partial charge in [-0.25, -0.2) is 13.6 Å². The highest BCUT2D eigenvalue weighted by Gasteiger charge is 2.47. The first-order valence-corrected chi connectivity index (χ1v) is 15.1. The van der Waals surface area contributed by atoms with E-state index in [0.717, 1.165) is 11.6 Å². The Bertz CT molecular complexity index is 1940. The summed E-state index contributed by atoms with van der Waals surface area (Å²) in [4.78, 5) is 41.9. The molecule has 46 heavy (non-hydrogen) atoms. The van der Waals surface area contributed by atoms with Gasteiger partial charge in [0.1, 0.15) is 18.3 Å². The van der Waals surface area contributed by atoms with Crippen molar-refractivity contribution in [1.29, 1.82) is 0 Å². The molecule has 0 spiro atoms. The first-order valence-electron chi connectivity index (χ1n) is 15.1. The van der Waals surface area contributed by atoms with Crippen LogP contribution in [0.4, 0.5) is 13.6 Å². The van der Waals surface area contributed by atoms with Gasteiger partial charge in [-0.2, -0.15) is 0 Å². The van der Waals surface area contributed by atoms with Crippen LogP contribution in [0.25, 0.3) is 16.9 Å². The molecule has 2 atom stereocenters. The van der Waals surface area contributed by atoms with Crippen LogP contribution in [0.3, 0.4) is 0 Å². The van der Waals surface area contributed by atoms with Crippen LogP contribution in [-0.2, 0) is 14.2 Å². The van der Waals surface area contributed by atoms with Crippen molar-refractivity contribution in [3.8, 4) is 22.7 Å². The molecular formula is C33H28F2N4O7. The maximum Gasteiger partial charge on any atom is 0.514 e. The van der Waals surface area contributed by atoms with E-state index in [0.29, 0.717) is 43.0 Å². The van der Waals surface area contributed by atoms with E-state index in [2.05, 4.69) is 0 Å². The fourth-order valence-corrected chi connectivity index (χ4v) is 6.89. The Morgan fingerprint density at radius 3 is 2.57 bits per heavy atom. The Labute approximate surface area is 261 Å². The number of morpholine rings is 1. The van der Waals surface area contributed by atoms with Gasteiger partial charge in [-0.3, -0.25) is 19.3 Å². The molecule has 11 nitrogen and oxygen atoms in total. The van der Waals surface area contributed by atoms with Gasteiger partial charge in [0.2, 0.25) is 11.2 Å². The van der Waals surface area contributed by atoms with Crippen molar-refractivity contribution < 1.29 is 37.3 Å². The Morgan fingerprint density at radius 2 is 1.72 bits per heavy atom. The summed E-state index contributed by atoms with van der Waals surface area (Å²) in [7, 11) is 0. The smallest absolute Gasteiger partial charge is 0.430 e. The summed E-state index contributed by atoms with van der Waals surface area (Å²) in [6.07, 6.45) is 1.87. The summed E-state index contributed by atoms with van der Waals surface area (Å²) in [5, 5.41) is 1.80. The summed E-state index contributed by atoms with van der Waals surface area (Å²) < 4.78 is 56.2. The fraction of sp³-hybridized carbons (Fsp3) is 0.303. The minimum atomic E-state index is -1.11. The van der Waals surface area contributed by atoms with Gasteiger partial charge in [0.15, 0.2) is 17.3 Å². The lowest BCUT2D eigenvalue weighted by Gasteiger charge is -2.51. The number of para-hydroxylation sites is 1. The number of hydrogen-bond donors (Lipinski definition) is 0. The maximum atomic E-state index is 15.9. The first kappa shape index (κ1) is 28.5. The minimum absolute atomic E-state index is 0.0606. The Kier molecular flexibility index (Phi) is 6.87. The van der Waals surface area contributed by atoms with Gasteiger partial charge in [-0.1, -0.05) is 24.3 Å². The molecule has 2 saturated heterocycles. The van der Waals surface area contributed by atoms with Gasteiger partial charge < -0.3 is 28.4 Å². The second kappa shape index (κ2) is 11.1. The molecule has 0 aliphatic carbocycles. The molecule has 4 aliphatic rings.